The monoisotopic (exact) mass is 1110 g/mol. The predicted molar refractivity (Wildman–Crippen MR) is 294 cm³/mol. The van der Waals surface area contributed by atoms with Crippen molar-refractivity contribution in [3.8, 4) is 0 Å². The van der Waals surface area contributed by atoms with E-state index in [0.29, 0.717) is 44.0 Å². The number of cyclic esters (lactones) is 3. The summed E-state index contributed by atoms with van der Waals surface area (Å²) in [6.45, 7) is 8.19. The third-order valence-electron chi connectivity index (χ3n) is 17.3. The van der Waals surface area contributed by atoms with Crippen molar-refractivity contribution in [2.45, 2.75) is 159 Å². The number of carbonyl (C=O) groups excluding carboxylic acids is 7. The number of hydrogen-bond donors (Lipinski definition) is 1. The average Bonchev–Trinajstić information content (AvgIpc) is 4.21. The van der Waals surface area contributed by atoms with Gasteiger partial charge in [0.25, 0.3) is 23.6 Å². The van der Waals surface area contributed by atoms with Gasteiger partial charge in [-0.25, -0.2) is 14.4 Å². The fourth-order valence-electron chi connectivity index (χ4n) is 11.3. The number of aliphatic hydroxyl groups excluding tert-OH is 1. The van der Waals surface area contributed by atoms with Gasteiger partial charge in [0.05, 0.1) is 32.5 Å². The van der Waals surface area contributed by atoms with Crippen molar-refractivity contribution in [2.75, 3.05) is 90.6 Å². The van der Waals surface area contributed by atoms with E-state index in [-0.39, 0.29) is 55.8 Å². The van der Waals surface area contributed by atoms with Gasteiger partial charge in [0.15, 0.2) is 24.6 Å². The van der Waals surface area contributed by atoms with Crippen molar-refractivity contribution >= 4 is 52.9 Å². The summed E-state index contributed by atoms with van der Waals surface area (Å²) in [5.74, 6) is -4.60. The second-order valence-corrected chi connectivity index (χ2v) is 23.7. The van der Waals surface area contributed by atoms with E-state index in [1.807, 2.05) is 48.5 Å². The van der Waals surface area contributed by atoms with E-state index in [2.05, 4.69) is 9.80 Å². The molecule has 2 aromatic rings. The topological polar surface area (TPSA) is 215 Å². The van der Waals surface area contributed by atoms with Crippen LogP contribution in [0.2, 0.25) is 0 Å². The number of ether oxygens (including phenoxy) is 6. The van der Waals surface area contributed by atoms with Crippen LogP contribution in [0.3, 0.4) is 0 Å². The summed E-state index contributed by atoms with van der Waals surface area (Å²) in [5.41, 5.74) is 3.33. The molecular weight excluding hydrogens is 1030 g/mol. The minimum atomic E-state index is -1.69. The lowest BCUT2D eigenvalue weighted by molar-refractivity contribution is -0.192. The Bertz CT molecular complexity index is 2490. The van der Waals surface area contributed by atoms with Crippen molar-refractivity contribution in [1.29, 1.82) is 0 Å². The molecule has 0 spiro atoms. The van der Waals surface area contributed by atoms with Crippen LogP contribution in [0.4, 0.5) is 11.4 Å². The molecule has 9 rings (SSSR count). The third-order valence-corrected chi connectivity index (χ3v) is 17.3. The van der Waals surface area contributed by atoms with E-state index in [1.165, 1.54) is 61.6 Å². The largest absolute Gasteiger partial charge is 0.451 e. The summed E-state index contributed by atoms with van der Waals surface area (Å²) < 4.78 is 35.8. The molecule has 0 aromatic heterocycles. The smallest absolute Gasteiger partial charge is 0.329 e. The van der Waals surface area contributed by atoms with E-state index in [9.17, 15) is 29.1 Å². The van der Waals surface area contributed by atoms with Gasteiger partial charge in [-0.1, -0.05) is 75.6 Å². The summed E-state index contributed by atoms with van der Waals surface area (Å²) >= 11 is 0. The Morgan fingerprint density at radius 3 is 1.16 bits per heavy atom. The van der Waals surface area contributed by atoms with Gasteiger partial charge < -0.3 is 62.9 Å². The lowest BCUT2D eigenvalue weighted by Gasteiger charge is -2.37. The molecule has 9 atom stereocenters. The molecule has 1 unspecified atom stereocenters. The Hall–Kier alpha value is -5.83. The molecule has 4 aliphatic carbocycles. The van der Waals surface area contributed by atoms with E-state index in [0.717, 1.165) is 88.9 Å². The SMILES string of the molecule is C[C@H]1OC(=O)[C@H](CC2CC2)N(C)C(=O)[C@@H](Cc2ccc(N3CCOCC3)cc2)OC(=O)[C@H](CC2CC2)N(C)C(=O)[C@@H](C)OC(O)[C@H](CC2CC2)N(C)C(=O)[C@@H](Cc2ccc(N3CCOCC3)cc2)OC(=O)[C@H](CC2CC2)N(C)C1=O. The van der Waals surface area contributed by atoms with Crippen molar-refractivity contribution in [1.82, 2.24) is 19.6 Å². The molecule has 4 amide bonds. The minimum absolute atomic E-state index is 0.0396. The fraction of sp³-hybridized carbons (Fsp3) is 0.683. The molecule has 20 heteroatoms. The molecule has 20 nitrogen and oxygen atoms in total. The quantitative estimate of drug-likeness (QED) is 0.208. The highest BCUT2D eigenvalue weighted by molar-refractivity contribution is 5.93. The van der Waals surface area contributed by atoms with E-state index < -0.39 is 96.4 Å². The number of aliphatic hydroxyl groups is 1. The number of carbonyl (C=O) groups is 7. The van der Waals surface area contributed by atoms with Crippen LogP contribution >= 0.6 is 0 Å². The van der Waals surface area contributed by atoms with Crippen LogP contribution < -0.4 is 9.80 Å². The van der Waals surface area contributed by atoms with Gasteiger partial charge in [0.1, 0.15) is 24.2 Å². The van der Waals surface area contributed by atoms with Gasteiger partial charge in [0, 0.05) is 78.6 Å². The van der Waals surface area contributed by atoms with Crippen molar-refractivity contribution in [3.63, 3.8) is 0 Å². The number of amides is 4. The summed E-state index contributed by atoms with van der Waals surface area (Å²) in [6.07, 6.45) is 0.350. The maximum atomic E-state index is 15.1. The Morgan fingerprint density at radius 1 is 0.438 bits per heavy atom. The highest BCUT2D eigenvalue weighted by Crippen LogP contribution is 2.39. The number of likely N-dealkylation sites (N-methyl/N-ethyl adjacent to an activating group) is 4. The van der Waals surface area contributed by atoms with Gasteiger partial charge in [0.2, 0.25) is 0 Å². The van der Waals surface area contributed by atoms with Crippen LogP contribution in [0, 0.1) is 23.7 Å². The zero-order valence-corrected chi connectivity index (χ0v) is 47.6. The van der Waals surface area contributed by atoms with Crippen molar-refractivity contribution < 1.29 is 67.1 Å². The van der Waals surface area contributed by atoms with E-state index in [1.54, 1.807) is 0 Å². The molecule has 7 aliphatic rings. The normalized spacial score (nSPS) is 30.0. The molecule has 3 saturated heterocycles. The maximum Gasteiger partial charge on any atom is 0.329 e. The van der Waals surface area contributed by atoms with Gasteiger partial charge >= 0.3 is 17.9 Å². The van der Waals surface area contributed by atoms with Crippen molar-refractivity contribution in [3.05, 3.63) is 59.7 Å². The Labute approximate surface area is 470 Å². The summed E-state index contributed by atoms with van der Waals surface area (Å²) in [6, 6.07) is 10.8. The van der Waals surface area contributed by atoms with E-state index in [4.69, 9.17) is 28.4 Å². The van der Waals surface area contributed by atoms with Gasteiger partial charge in [-0.15, -0.1) is 0 Å². The fourth-order valence-corrected chi connectivity index (χ4v) is 11.3. The lowest BCUT2D eigenvalue weighted by atomic mass is 10.0. The van der Waals surface area contributed by atoms with Crippen LogP contribution in [0.1, 0.15) is 102 Å². The average molecular weight is 1110 g/mol. The third kappa shape index (κ3) is 15.4. The Balaban J connectivity index is 1.04. The Morgan fingerprint density at radius 2 is 0.775 bits per heavy atom. The number of esters is 3. The standard InChI is InChI=1S/C60H84N6O14/c1-37-53(67)61(3)49(33-41-11-12-41)59(73)79-52(36-44-17-21-46(22-18-44)66-25-29-76-30-26-66)56(70)64(6)48(32-40-9-10-40)58(72)78-38(2)54(68)62(4)50(34-42-13-14-42)60(74)80-51(55(69)63(5)47(57(71)77-37)31-39-7-8-39)35-43-15-19-45(20-16-43)65-23-27-75-28-24-65/h15-22,37-42,47-52,57,71H,7-14,23-36H2,1-6H3/t37-,38-,47+,48+,49+,50+,51-,52-,57?/m1/s1. The van der Waals surface area contributed by atoms with Crippen LogP contribution in [0.25, 0.3) is 0 Å². The number of anilines is 2. The Kier molecular flexibility index (Phi) is 19.4. The molecule has 2 aromatic carbocycles. The molecule has 438 valence electrons. The molecule has 0 radical (unpaired) electrons. The number of nitrogens with zero attached hydrogens (tertiary/aromatic N) is 6. The highest BCUT2D eigenvalue weighted by atomic mass is 16.6. The predicted octanol–water partition coefficient (Wildman–Crippen LogP) is 4.15. The number of rotatable bonds is 14. The summed E-state index contributed by atoms with van der Waals surface area (Å²) in [7, 11) is 5.92. The van der Waals surface area contributed by atoms with Crippen molar-refractivity contribution in [2.24, 2.45) is 23.7 Å². The van der Waals surface area contributed by atoms with Gasteiger partial charge in [-0.3, -0.25) is 19.2 Å². The minimum Gasteiger partial charge on any atom is -0.451 e. The lowest BCUT2D eigenvalue weighted by Crippen LogP contribution is -2.55. The zero-order chi connectivity index (χ0) is 56.8. The summed E-state index contributed by atoms with van der Waals surface area (Å²) in [5, 5.41) is 12.1. The second-order valence-electron chi connectivity index (χ2n) is 23.7. The summed E-state index contributed by atoms with van der Waals surface area (Å²) in [4.78, 5) is 113. The van der Waals surface area contributed by atoms with Crippen LogP contribution in [-0.2, 0) is 74.8 Å². The molecule has 3 aliphatic heterocycles. The van der Waals surface area contributed by atoms with Gasteiger partial charge in [-0.2, -0.15) is 0 Å². The molecule has 80 heavy (non-hydrogen) atoms. The molecule has 3 heterocycles. The second kappa shape index (κ2) is 26.4. The first-order valence-electron chi connectivity index (χ1n) is 29.3. The molecule has 1 N–H and O–H groups in total. The first kappa shape index (κ1) is 58.8. The van der Waals surface area contributed by atoms with Crippen LogP contribution in [0.5, 0.6) is 0 Å². The maximum absolute atomic E-state index is 15.1. The van der Waals surface area contributed by atoms with Crippen LogP contribution in [0.15, 0.2) is 48.5 Å². The highest BCUT2D eigenvalue weighted by Gasteiger charge is 2.46. The molecule has 7 fully saturated rings. The number of benzene rings is 2. The first-order chi connectivity index (χ1) is 38.4. The van der Waals surface area contributed by atoms with E-state index >= 15 is 9.59 Å². The number of morpholine rings is 2. The molecule has 0 bridgehead atoms. The van der Waals surface area contributed by atoms with Gasteiger partial charge in [-0.05, 0) is 98.6 Å². The molecule has 4 saturated carbocycles. The zero-order valence-electron chi connectivity index (χ0n) is 47.6. The first-order valence-corrected chi connectivity index (χ1v) is 29.3. The van der Waals surface area contributed by atoms with Crippen LogP contribution in [-0.4, -0.2) is 202 Å². The molecular formula is C60H84N6O14. The number of hydrogen-bond acceptors (Lipinski definition) is 16.